The lowest BCUT2D eigenvalue weighted by atomic mass is 9.98. The maximum Gasteiger partial charge on any atom is 0.417 e. The van der Waals surface area contributed by atoms with Gasteiger partial charge in [0.05, 0.1) is 16.2 Å². The predicted molar refractivity (Wildman–Crippen MR) is 106 cm³/mol. The van der Waals surface area contributed by atoms with Crippen molar-refractivity contribution in [2.75, 3.05) is 18.1 Å². The molecule has 0 spiro atoms. The number of amides is 2. The summed E-state index contributed by atoms with van der Waals surface area (Å²) in [7, 11) is -1.72. The number of sulfone groups is 1. The van der Waals surface area contributed by atoms with Crippen LogP contribution in [-0.2, 0) is 20.8 Å². The Kier molecular flexibility index (Phi) is 6.76. The molecule has 0 radical (unpaired) electrons. The van der Waals surface area contributed by atoms with Crippen LogP contribution in [0.15, 0.2) is 35.2 Å². The number of aliphatic hydroxyl groups is 1. The van der Waals surface area contributed by atoms with Crippen molar-refractivity contribution in [3.8, 4) is 0 Å². The summed E-state index contributed by atoms with van der Waals surface area (Å²) in [4.78, 5) is 23.6. The molecule has 2 rings (SSSR count). The van der Waals surface area contributed by atoms with Crippen LogP contribution in [0.3, 0.4) is 0 Å². The highest BCUT2D eigenvalue weighted by Crippen LogP contribution is 2.28. The molecule has 1 aromatic heterocycles. The lowest BCUT2D eigenvalue weighted by molar-refractivity contribution is -0.137. The smallest absolute Gasteiger partial charge is 0.379 e. The predicted octanol–water partition coefficient (Wildman–Crippen LogP) is -0.723. The topological polar surface area (TPSA) is 138 Å². The Morgan fingerprint density at radius 1 is 1.16 bits per heavy atom. The van der Waals surface area contributed by atoms with Gasteiger partial charge in [0, 0.05) is 18.2 Å². The summed E-state index contributed by atoms with van der Waals surface area (Å²) in [5, 5.41) is 21.4. The Labute approximate surface area is 176 Å². The van der Waals surface area contributed by atoms with Gasteiger partial charge >= 0.3 is 6.18 Å². The third kappa shape index (κ3) is 5.79. The van der Waals surface area contributed by atoms with Gasteiger partial charge in [-0.15, -0.1) is 5.10 Å². The second kappa shape index (κ2) is 8.63. The summed E-state index contributed by atoms with van der Waals surface area (Å²) in [5.41, 5.74) is -3.87. The summed E-state index contributed by atoms with van der Waals surface area (Å²) in [6.07, 6.45) is -4.74. The molecule has 0 aliphatic heterocycles. The zero-order valence-electron chi connectivity index (χ0n) is 16.6. The molecule has 2 aromatic rings. The first-order chi connectivity index (χ1) is 14.2. The Morgan fingerprint density at radius 3 is 2.26 bits per heavy atom. The zero-order valence-corrected chi connectivity index (χ0v) is 17.4. The van der Waals surface area contributed by atoms with Gasteiger partial charge in [-0.05, 0) is 37.3 Å². The molecule has 0 saturated heterocycles. The molecule has 0 unspecified atom stereocenters. The second-order valence-corrected chi connectivity index (χ2v) is 8.81. The highest BCUT2D eigenvalue weighted by atomic mass is 32.2. The normalized spacial score (nSPS) is 13.9. The van der Waals surface area contributed by atoms with E-state index in [1.807, 2.05) is 5.32 Å². The van der Waals surface area contributed by atoms with Crippen molar-refractivity contribution in [2.24, 2.45) is 0 Å². The average Bonchev–Trinajstić information content (AvgIpc) is 2.67. The maximum absolute atomic E-state index is 13.0. The molecule has 1 heterocycles. The number of carbonyl (C=O) groups is 2. The molecule has 3 N–H and O–H groups in total. The van der Waals surface area contributed by atoms with Gasteiger partial charge in [0.25, 0.3) is 11.8 Å². The SMILES string of the molecule is Bc1nnc(NC(=O)[C@@](C)(O)CS(=O)(=O)c2ccc(C(=O)NC)cc2)cc1C(F)(F)F. The number of carbonyl (C=O) groups excluding carboxylic acids is 2. The summed E-state index contributed by atoms with van der Waals surface area (Å²) >= 11 is 0. The standard InChI is InChI=1S/C17H18BF3N4O5S/c1-16(28,8-31(29,30)10-5-3-9(4-6-10)14(26)22-2)15(27)23-12-7-11(17(19,20)21)13(18)25-24-12/h3-7,28H,8,18H2,1-2H3,(H,22,26)(H,23,24,27)/t16-/m0/s1. The van der Waals surface area contributed by atoms with Crippen molar-refractivity contribution in [3.63, 3.8) is 0 Å². The number of alkyl halides is 3. The molecule has 14 heteroatoms. The van der Waals surface area contributed by atoms with Crippen LogP contribution in [0.25, 0.3) is 0 Å². The largest absolute Gasteiger partial charge is 0.417 e. The van der Waals surface area contributed by atoms with Gasteiger partial charge < -0.3 is 15.7 Å². The Morgan fingerprint density at radius 2 is 1.74 bits per heavy atom. The van der Waals surface area contributed by atoms with Crippen LogP contribution in [0.2, 0.25) is 0 Å². The second-order valence-electron chi connectivity index (χ2n) is 6.82. The lowest BCUT2D eigenvalue weighted by Crippen LogP contribution is -2.46. The van der Waals surface area contributed by atoms with Gasteiger partial charge in [-0.25, -0.2) is 8.42 Å². The van der Waals surface area contributed by atoms with Crippen LogP contribution in [-0.4, -0.2) is 61.8 Å². The van der Waals surface area contributed by atoms with E-state index in [0.717, 1.165) is 26.9 Å². The van der Waals surface area contributed by atoms with Crippen LogP contribution in [0.4, 0.5) is 19.0 Å². The molecule has 0 aliphatic carbocycles. The zero-order chi connectivity index (χ0) is 23.6. The van der Waals surface area contributed by atoms with Gasteiger partial charge in [0.2, 0.25) is 0 Å². The Hall–Kier alpha value is -3.00. The fraction of sp³-hybridized carbons (Fsp3) is 0.294. The fourth-order valence-corrected chi connectivity index (χ4v) is 4.12. The lowest BCUT2D eigenvalue weighted by Gasteiger charge is -2.22. The summed E-state index contributed by atoms with van der Waals surface area (Å²) < 4.78 is 64.1. The number of nitrogens with zero attached hydrogens (tertiary/aromatic N) is 2. The molecule has 9 nitrogen and oxygen atoms in total. The molecule has 166 valence electrons. The molecule has 0 saturated carbocycles. The van der Waals surface area contributed by atoms with E-state index in [9.17, 15) is 36.3 Å². The first-order valence-corrected chi connectivity index (χ1v) is 10.3. The van der Waals surface area contributed by atoms with E-state index in [2.05, 4.69) is 15.5 Å². The van der Waals surface area contributed by atoms with E-state index in [-0.39, 0.29) is 10.5 Å². The number of hydrogen-bond acceptors (Lipinski definition) is 7. The van der Waals surface area contributed by atoms with Crippen molar-refractivity contribution in [1.82, 2.24) is 15.5 Å². The van der Waals surface area contributed by atoms with Gasteiger partial charge in [0.1, 0.15) is 0 Å². The number of benzene rings is 1. The quantitative estimate of drug-likeness (QED) is 0.486. The van der Waals surface area contributed by atoms with Gasteiger partial charge in [-0.2, -0.15) is 18.3 Å². The van der Waals surface area contributed by atoms with E-state index in [1.165, 1.54) is 19.2 Å². The van der Waals surface area contributed by atoms with Crippen LogP contribution >= 0.6 is 0 Å². The van der Waals surface area contributed by atoms with Crippen molar-refractivity contribution >= 4 is 40.9 Å². The van der Waals surface area contributed by atoms with Crippen LogP contribution < -0.4 is 16.2 Å². The van der Waals surface area contributed by atoms with Crippen molar-refractivity contribution in [3.05, 3.63) is 41.5 Å². The molecule has 0 aliphatic rings. The maximum atomic E-state index is 13.0. The summed E-state index contributed by atoms with van der Waals surface area (Å²) in [6.45, 7) is 0.894. The first kappa shape index (κ1) is 24.3. The molecule has 1 atom stereocenters. The van der Waals surface area contributed by atoms with E-state index >= 15 is 0 Å². The number of nitrogens with one attached hydrogen (secondary N) is 2. The average molecular weight is 458 g/mol. The highest BCUT2D eigenvalue weighted by Gasteiger charge is 2.38. The highest BCUT2D eigenvalue weighted by molar-refractivity contribution is 7.91. The molecule has 31 heavy (non-hydrogen) atoms. The van der Waals surface area contributed by atoms with Crippen LogP contribution in [0, 0.1) is 0 Å². The minimum absolute atomic E-state index is 0.198. The number of anilines is 1. The molecule has 2 amide bonds. The van der Waals surface area contributed by atoms with Gasteiger partial charge in [-0.1, -0.05) is 0 Å². The number of rotatable bonds is 6. The van der Waals surface area contributed by atoms with Crippen molar-refractivity contribution in [1.29, 1.82) is 0 Å². The first-order valence-electron chi connectivity index (χ1n) is 8.67. The molecular weight excluding hydrogens is 440 g/mol. The number of aromatic nitrogens is 2. The van der Waals surface area contributed by atoms with Crippen LogP contribution in [0.5, 0.6) is 0 Å². The monoisotopic (exact) mass is 458 g/mol. The third-order valence-corrected chi connectivity index (χ3v) is 6.12. The molecular formula is C17H18BF3N4O5S. The van der Waals surface area contributed by atoms with E-state index < -0.39 is 56.2 Å². The Balaban J connectivity index is 2.21. The van der Waals surface area contributed by atoms with Gasteiger partial charge in [0.15, 0.2) is 29.1 Å². The molecule has 0 fully saturated rings. The molecule has 1 aromatic carbocycles. The van der Waals surface area contributed by atoms with E-state index in [4.69, 9.17) is 0 Å². The van der Waals surface area contributed by atoms with Crippen LogP contribution in [0.1, 0.15) is 22.8 Å². The van der Waals surface area contributed by atoms with Gasteiger partial charge in [-0.3, -0.25) is 9.59 Å². The summed E-state index contributed by atoms with van der Waals surface area (Å²) in [6, 6.07) is 5.30. The van der Waals surface area contributed by atoms with Crippen molar-refractivity contribution in [2.45, 2.75) is 23.6 Å². The van der Waals surface area contributed by atoms with E-state index in [1.54, 1.807) is 0 Å². The Bertz CT molecular complexity index is 1110. The van der Waals surface area contributed by atoms with Crippen molar-refractivity contribution < 1.29 is 36.3 Å². The molecule has 0 bridgehead atoms. The fourth-order valence-electron chi connectivity index (χ4n) is 2.53. The minimum Gasteiger partial charge on any atom is -0.379 e. The number of hydrogen-bond donors (Lipinski definition) is 3. The minimum atomic E-state index is -4.74. The third-order valence-electron chi connectivity index (χ3n) is 4.19. The summed E-state index contributed by atoms with van der Waals surface area (Å²) in [5.74, 6) is -3.40. The number of halogens is 3. The van der Waals surface area contributed by atoms with E-state index in [0.29, 0.717) is 6.07 Å².